The number of ether oxygens (including phenoxy) is 1. The van der Waals surface area contributed by atoms with Crippen molar-refractivity contribution in [1.82, 2.24) is 20.0 Å². The van der Waals surface area contributed by atoms with E-state index in [0.29, 0.717) is 16.5 Å². The van der Waals surface area contributed by atoms with Gasteiger partial charge in [-0.05, 0) is 35.9 Å². The van der Waals surface area contributed by atoms with Crippen molar-refractivity contribution in [1.29, 1.82) is 0 Å². The predicted octanol–water partition coefficient (Wildman–Crippen LogP) is 2.08. The van der Waals surface area contributed by atoms with E-state index in [1.807, 2.05) is 30.3 Å². The van der Waals surface area contributed by atoms with Crippen LogP contribution >= 0.6 is 0 Å². The first-order valence-electron chi connectivity index (χ1n) is 9.89. The molecular weight excluding hydrogens is 444 g/mol. The number of hydrogen-bond donors (Lipinski definition) is 2. The molecule has 0 atom stereocenters. The summed E-state index contributed by atoms with van der Waals surface area (Å²) >= 11 is 0. The summed E-state index contributed by atoms with van der Waals surface area (Å²) in [5.74, 6) is -0.306. The molecule has 0 unspecified atom stereocenters. The third-order valence-electron chi connectivity index (χ3n) is 4.93. The summed E-state index contributed by atoms with van der Waals surface area (Å²) in [6, 6.07) is 21.4. The summed E-state index contributed by atoms with van der Waals surface area (Å²) in [4.78, 5) is 27.8. The van der Waals surface area contributed by atoms with E-state index in [2.05, 4.69) is 15.4 Å². The fourth-order valence-corrected chi connectivity index (χ4v) is 4.09. The molecule has 2 N–H and O–H groups in total. The zero-order chi connectivity index (χ0) is 23.4. The van der Waals surface area contributed by atoms with Gasteiger partial charge in [0.25, 0.3) is 21.5 Å². The van der Waals surface area contributed by atoms with E-state index in [1.54, 1.807) is 24.3 Å². The summed E-state index contributed by atoms with van der Waals surface area (Å²) in [6.45, 7) is 0.155. The van der Waals surface area contributed by atoms with Crippen LogP contribution in [0.1, 0.15) is 16.1 Å². The molecule has 0 fully saturated rings. The highest BCUT2D eigenvalue weighted by molar-refractivity contribution is 7.89. The van der Waals surface area contributed by atoms with Crippen molar-refractivity contribution in [2.45, 2.75) is 11.4 Å². The smallest absolute Gasteiger partial charge is 0.287 e. The molecule has 0 aliphatic carbocycles. The van der Waals surface area contributed by atoms with Crippen molar-refractivity contribution in [3.05, 3.63) is 100 Å². The number of fused-ring (bicyclic) bond motifs is 1. The molecule has 33 heavy (non-hydrogen) atoms. The van der Waals surface area contributed by atoms with E-state index < -0.39 is 15.9 Å². The zero-order valence-electron chi connectivity index (χ0n) is 17.6. The van der Waals surface area contributed by atoms with Gasteiger partial charge in [0, 0.05) is 5.39 Å². The monoisotopic (exact) mass is 464 g/mol. The molecule has 1 amide bonds. The molecule has 0 saturated carbocycles. The van der Waals surface area contributed by atoms with Crippen LogP contribution in [0, 0.1) is 0 Å². The van der Waals surface area contributed by atoms with Crippen LogP contribution in [0.5, 0.6) is 5.75 Å². The Labute approximate surface area is 189 Å². The lowest BCUT2D eigenvalue weighted by molar-refractivity contribution is 0.0939. The van der Waals surface area contributed by atoms with Crippen molar-refractivity contribution in [2.24, 2.45) is 0 Å². The lowest BCUT2D eigenvalue weighted by Gasteiger charge is -2.12. The molecule has 10 heteroatoms. The number of nitrogens with one attached hydrogen (secondary N) is 2. The lowest BCUT2D eigenvalue weighted by atomic mass is 10.1. The molecule has 0 bridgehead atoms. The second-order valence-electron chi connectivity index (χ2n) is 7.08. The number of methoxy groups -OCH3 is 1. The molecule has 1 aromatic heterocycles. The molecule has 4 aromatic rings. The number of amides is 1. The number of sulfonamides is 1. The predicted molar refractivity (Wildman–Crippen MR) is 122 cm³/mol. The van der Waals surface area contributed by atoms with E-state index >= 15 is 0 Å². The van der Waals surface area contributed by atoms with Gasteiger partial charge in [0.1, 0.15) is 5.75 Å². The third kappa shape index (κ3) is 4.76. The van der Waals surface area contributed by atoms with E-state index in [4.69, 9.17) is 4.74 Å². The van der Waals surface area contributed by atoms with Crippen LogP contribution in [0.2, 0.25) is 0 Å². The third-order valence-corrected chi connectivity index (χ3v) is 6.19. The van der Waals surface area contributed by atoms with E-state index in [9.17, 15) is 18.0 Å². The molecule has 3 aromatic carbocycles. The number of nitrogens with zero attached hydrogens (tertiary/aromatic N) is 2. The second-order valence-corrected chi connectivity index (χ2v) is 8.76. The largest absolute Gasteiger partial charge is 0.497 e. The van der Waals surface area contributed by atoms with Crippen molar-refractivity contribution >= 4 is 26.7 Å². The Balaban J connectivity index is 1.64. The summed E-state index contributed by atoms with van der Waals surface area (Å²) in [6.07, 6.45) is 0. The van der Waals surface area contributed by atoms with Gasteiger partial charge in [-0.25, -0.2) is 13.1 Å². The van der Waals surface area contributed by atoms with Crippen LogP contribution in [0.3, 0.4) is 0 Å². The molecular formula is C23H20N4O5S. The quantitative estimate of drug-likeness (QED) is 0.404. The van der Waals surface area contributed by atoms with Gasteiger partial charge < -0.3 is 4.74 Å². The van der Waals surface area contributed by atoms with Crippen LogP contribution < -0.4 is 20.6 Å². The highest BCUT2D eigenvalue weighted by Crippen LogP contribution is 2.16. The first-order valence-corrected chi connectivity index (χ1v) is 11.4. The number of aromatic nitrogens is 2. The average molecular weight is 465 g/mol. The van der Waals surface area contributed by atoms with Gasteiger partial charge >= 0.3 is 0 Å². The molecule has 0 aliphatic rings. The topological polar surface area (TPSA) is 119 Å². The highest BCUT2D eigenvalue weighted by atomic mass is 32.2. The summed E-state index contributed by atoms with van der Waals surface area (Å²) in [7, 11) is -2.57. The molecule has 0 radical (unpaired) electrons. The number of rotatable bonds is 7. The number of benzene rings is 3. The van der Waals surface area contributed by atoms with Gasteiger partial charge in [0.2, 0.25) is 0 Å². The molecule has 4 rings (SSSR count). The zero-order valence-corrected chi connectivity index (χ0v) is 18.4. The van der Waals surface area contributed by atoms with Gasteiger partial charge in [-0.1, -0.05) is 48.5 Å². The average Bonchev–Trinajstić information content (AvgIpc) is 2.85. The molecule has 0 saturated heterocycles. The first-order chi connectivity index (χ1) is 15.9. The van der Waals surface area contributed by atoms with Crippen LogP contribution in [-0.4, -0.2) is 31.2 Å². The van der Waals surface area contributed by atoms with Crippen LogP contribution in [-0.2, 0) is 16.6 Å². The fourth-order valence-electron chi connectivity index (χ4n) is 3.25. The number of carbonyl (C=O) groups is 1. The van der Waals surface area contributed by atoms with Crippen molar-refractivity contribution in [2.75, 3.05) is 7.11 Å². The van der Waals surface area contributed by atoms with Gasteiger partial charge in [0.05, 0.1) is 23.9 Å². The molecule has 9 nitrogen and oxygen atoms in total. The van der Waals surface area contributed by atoms with Gasteiger partial charge in [-0.3, -0.25) is 15.0 Å². The molecule has 0 spiro atoms. The fraction of sp³-hybridized carbons (Fsp3) is 0.0870. The Morgan fingerprint density at radius 1 is 0.939 bits per heavy atom. The van der Waals surface area contributed by atoms with E-state index in [1.165, 1.54) is 36.1 Å². The van der Waals surface area contributed by atoms with Crippen molar-refractivity contribution in [3.8, 4) is 5.75 Å². The van der Waals surface area contributed by atoms with Crippen LogP contribution in [0.25, 0.3) is 10.8 Å². The Hall–Kier alpha value is -4.02. The van der Waals surface area contributed by atoms with Crippen LogP contribution in [0.4, 0.5) is 0 Å². The minimum atomic E-state index is -4.04. The second kappa shape index (κ2) is 9.23. The maximum atomic E-state index is 12.9. The highest BCUT2D eigenvalue weighted by Gasteiger charge is 2.20. The Kier molecular flexibility index (Phi) is 6.20. The van der Waals surface area contributed by atoms with Gasteiger partial charge in [-0.2, -0.15) is 5.10 Å². The molecule has 1 heterocycles. The van der Waals surface area contributed by atoms with Gasteiger partial charge in [0.15, 0.2) is 5.69 Å². The minimum absolute atomic E-state index is 0.0598. The van der Waals surface area contributed by atoms with Crippen molar-refractivity contribution in [3.63, 3.8) is 0 Å². The summed E-state index contributed by atoms with van der Waals surface area (Å²) < 4.78 is 31.3. The Bertz CT molecular complexity index is 1470. The number of hydrogen-bond acceptors (Lipinski definition) is 6. The normalized spacial score (nSPS) is 11.3. The maximum absolute atomic E-state index is 12.9. The van der Waals surface area contributed by atoms with E-state index in [-0.39, 0.29) is 22.7 Å². The molecule has 168 valence electrons. The van der Waals surface area contributed by atoms with Crippen LogP contribution in [0.15, 0.2) is 88.6 Å². The van der Waals surface area contributed by atoms with Crippen molar-refractivity contribution < 1.29 is 17.9 Å². The SMILES string of the molecule is COc1ccc(S(=O)(=O)NNC(=O)c2nn(Cc3ccccc3)c(=O)c3ccccc23)cc1. The number of carbonyl (C=O) groups excluding carboxylic acids is 1. The number of hydrazine groups is 1. The Morgan fingerprint density at radius 2 is 1.58 bits per heavy atom. The summed E-state index contributed by atoms with van der Waals surface area (Å²) in [5.41, 5.74) is 2.57. The maximum Gasteiger partial charge on any atom is 0.287 e. The first kappa shape index (κ1) is 22.2. The Morgan fingerprint density at radius 3 is 2.24 bits per heavy atom. The van der Waals surface area contributed by atoms with E-state index in [0.717, 1.165) is 5.56 Å². The summed E-state index contributed by atoms with van der Waals surface area (Å²) in [5, 5.41) is 4.84. The molecule has 0 aliphatic heterocycles. The minimum Gasteiger partial charge on any atom is -0.497 e. The lowest BCUT2D eigenvalue weighted by Crippen LogP contribution is -2.42. The van der Waals surface area contributed by atoms with Gasteiger partial charge in [-0.15, -0.1) is 4.83 Å². The standard InChI is InChI=1S/C23H20N4O5S/c1-32-17-11-13-18(14-12-17)33(30,31)26-24-22(28)21-19-9-5-6-10-20(19)23(29)27(25-21)15-16-7-3-2-4-8-16/h2-14,26H,15H2,1H3,(H,24,28).